The summed E-state index contributed by atoms with van der Waals surface area (Å²) < 4.78 is 43.9. The van der Waals surface area contributed by atoms with E-state index in [1.807, 2.05) is 32.9 Å². The Kier molecular flexibility index (Phi) is 7.43. The van der Waals surface area contributed by atoms with Gasteiger partial charge >= 0.3 is 12.2 Å². The third-order valence-electron chi connectivity index (χ3n) is 4.27. The molecule has 160 valence electrons. The number of benzene rings is 2. The first kappa shape index (κ1) is 23.2. The van der Waals surface area contributed by atoms with Crippen LogP contribution < -0.4 is 10.1 Å². The molecule has 2 rings (SSSR count). The van der Waals surface area contributed by atoms with E-state index in [9.17, 15) is 18.0 Å². The monoisotopic (exact) mass is 418 g/mol. The molecular formula is C23H25F3N2O2. The van der Waals surface area contributed by atoms with Crippen LogP contribution in [-0.4, -0.2) is 18.3 Å². The van der Waals surface area contributed by atoms with Crippen LogP contribution >= 0.6 is 0 Å². The van der Waals surface area contributed by atoms with Gasteiger partial charge in [0.25, 0.3) is 0 Å². The summed E-state index contributed by atoms with van der Waals surface area (Å²) in [7, 11) is 0. The van der Waals surface area contributed by atoms with Crippen molar-refractivity contribution in [2.75, 3.05) is 6.61 Å². The van der Waals surface area contributed by atoms with E-state index < -0.39 is 17.8 Å². The van der Waals surface area contributed by atoms with E-state index in [4.69, 9.17) is 4.74 Å². The van der Waals surface area contributed by atoms with E-state index in [2.05, 4.69) is 16.9 Å². The number of hydrogen-bond acceptors (Lipinski definition) is 2. The van der Waals surface area contributed by atoms with Gasteiger partial charge in [-0.25, -0.2) is 4.79 Å². The Morgan fingerprint density at radius 2 is 1.80 bits per heavy atom. The average molecular weight is 418 g/mol. The van der Waals surface area contributed by atoms with Crippen molar-refractivity contribution in [3.05, 3.63) is 71.3 Å². The van der Waals surface area contributed by atoms with Gasteiger partial charge in [0.1, 0.15) is 5.75 Å². The number of rotatable bonds is 6. The van der Waals surface area contributed by atoms with Crippen LogP contribution in [0.3, 0.4) is 0 Å². The van der Waals surface area contributed by atoms with E-state index in [1.54, 1.807) is 13.0 Å². The van der Waals surface area contributed by atoms with Gasteiger partial charge in [0, 0.05) is 11.3 Å². The lowest BCUT2D eigenvalue weighted by molar-refractivity contribution is -0.137. The molecule has 0 fully saturated rings. The van der Waals surface area contributed by atoms with Gasteiger partial charge in [0.15, 0.2) is 0 Å². The Morgan fingerprint density at radius 3 is 2.37 bits per heavy atom. The molecule has 0 bridgehead atoms. The van der Waals surface area contributed by atoms with Crippen molar-refractivity contribution in [3.8, 4) is 5.75 Å². The molecular weight excluding hydrogens is 393 g/mol. The van der Waals surface area contributed by atoms with Gasteiger partial charge in [-0.05, 0) is 49.1 Å². The molecule has 0 unspecified atom stereocenters. The lowest BCUT2D eigenvalue weighted by Crippen LogP contribution is -2.20. The van der Waals surface area contributed by atoms with Gasteiger partial charge in [-0.1, -0.05) is 44.7 Å². The molecule has 2 amide bonds. The predicted molar refractivity (Wildman–Crippen MR) is 113 cm³/mol. The van der Waals surface area contributed by atoms with E-state index in [0.29, 0.717) is 35.1 Å². The standard InChI is InChI=1S/C23H25F3N2O2/c1-14(2)13-30-20-8-6-7-15(3)21(20)17(5)28-22(29)27-16(4)18-9-11-19(12-10-18)23(24,25)26/h6-12,14H,5,13H2,1-4H3,(H,28,29)/b27-16+. The van der Waals surface area contributed by atoms with Crippen LogP contribution in [-0.2, 0) is 6.18 Å². The Morgan fingerprint density at radius 1 is 1.17 bits per heavy atom. The molecule has 0 saturated heterocycles. The van der Waals surface area contributed by atoms with Crippen LogP contribution in [0.2, 0.25) is 0 Å². The highest BCUT2D eigenvalue weighted by atomic mass is 19.4. The van der Waals surface area contributed by atoms with Gasteiger partial charge in [-0.3, -0.25) is 0 Å². The summed E-state index contributed by atoms with van der Waals surface area (Å²) in [4.78, 5) is 16.3. The van der Waals surface area contributed by atoms with Gasteiger partial charge in [0.2, 0.25) is 0 Å². The molecule has 7 heteroatoms. The molecule has 2 aromatic rings. The molecule has 30 heavy (non-hydrogen) atoms. The number of ether oxygens (including phenoxy) is 1. The number of nitrogens with zero attached hydrogens (tertiary/aromatic N) is 1. The van der Waals surface area contributed by atoms with Crippen molar-refractivity contribution in [2.45, 2.75) is 33.9 Å². The zero-order valence-corrected chi connectivity index (χ0v) is 17.4. The zero-order valence-electron chi connectivity index (χ0n) is 17.4. The van der Waals surface area contributed by atoms with E-state index >= 15 is 0 Å². The van der Waals surface area contributed by atoms with E-state index in [0.717, 1.165) is 17.7 Å². The minimum Gasteiger partial charge on any atom is -0.493 e. The summed E-state index contributed by atoms with van der Waals surface area (Å²) in [5.41, 5.74) is 1.83. The van der Waals surface area contributed by atoms with E-state index in [1.165, 1.54) is 12.1 Å². The number of amides is 2. The molecule has 0 aromatic heterocycles. The molecule has 0 heterocycles. The summed E-state index contributed by atoms with van der Waals surface area (Å²) >= 11 is 0. The highest BCUT2D eigenvalue weighted by Gasteiger charge is 2.30. The molecule has 0 atom stereocenters. The van der Waals surface area contributed by atoms with Crippen LogP contribution in [0, 0.1) is 12.8 Å². The third-order valence-corrected chi connectivity index (χ3v) is 4.27. The fraction of sp³-hybridized carbons (Fsp3) is 0.304. The quantitative estimate of drug-likeness (QED) is 0.565. The first-order chi connectivity index (χ1) is 14.0. The molecule has 1 N–H and O–H groups in total. The number of aliphatic imine (C=N–C) groups is 1. The molecule has 0 spiro atoms. The van der Waals surface area contributed by atoms with Crippen LogP contribution in [0.4, 0.5) is 18.0 Å². The normalized spacial score (nSPS) is 12.1. The number of alkyl halides is 3. The zero-order chi connectivity index (χ0) is 22.5. The van der Waals surface area contributed by atoms with Crippen LogP contribution in [0.1, 0.15) is 43.0 Å². The van der Waals surface area contributed by atoms with Crippen molar-refractivity contribution in [1.82, 2.24) is 5.32 Å². The molecule has 4 nitrogen and oxygen atoms in total. The fourth-order valence-electron chi connectivity index (χ4n) is 2.74. The second kappa shape index (κ2) is 9.61. The summed E-state index contributed by atoms with van der Waals surface area (Å²) in [6, 6.07) is 9.34. The smallest absolute Gasteiger partial charge is 0.416 e. The van der Waals surface area contributed by atoms with Crippen molar-refractivity contribution in [1.29, 1.82) is 0 Å². The molecule has 0 aliphatic heterocycles. The number of urea groups is 1. The second-order valence-electron chi connectivity index (χ2n) is 7.33. The Balaban J connectivity index is 2.15. The minimum absolute atomic E-state index is 0.287. The van der Waals surface area contributed by atoms with Crippen LogP contribution in [0.25, 0.3) is 5.70 Å². The van der Waals surface area contributed by atoms with E-state index in [-0.39, 0.29) is 5.71 Å². The molecule has 0 aliphatic rings. The molecule has 0 radical (unpaired) electrons. The summed E-state index contributed by atoms with van der Waals surface area (Å²) in [5, 5.41) is 2.62. The van der Waals surface area contributed by atoms with Gasteiger partial charge in [0.05, 0.1) is 17.9 Å². The van der Waals surface area contributed by atoms with Crippen molar-refractivity contribution in [2.24, 2.45) is 10.9 Å². The largest absolute Gasteiger partial charge is 0.493 e. The Labute approximate surface area is 174 Å². The number of aryl methyl sites for hydroxylation is 1. The van der Waals surface area contributed by atoms with Crippen molar-refractivity contribution < 1.29 is 22.7 Å². The first-order valence-electron chi connectivity index (χ1n) is 9.44. The van der Waals surface area contributed by atoms with Gasteiger partial charge in [-0.15, -0.1) is 0 Å². The Bertz CT molecular complexity index is 946. The molecule has 0 saturated carbocycles. The number of carbonyl (C=O) groups is 1. The SMILES string of the molecule is C=C(NC(=O)/N=C(\C)c1ccc(C(F)(F)F)cc1)c1c(C)cccc1OCC(C)C. The highest BCUT2D eigenvalue weighted by molar-refractivity contribution is 6.05. The van der Waals surface area contributed by atoms with Crippen LogP contribution in [0.5, 0.6) is 5.75 Å². The highest BCUT2D eigenvalue weighted by Crippen LogP contribution is 2.29. The first-order valence-corrected chi connectivity index (χ1v) is 9.44. The van der Waals surface area contributed by atoms with Crippen LogP contribution in [0.15, 0.2) is 54.0 Å². The van der Waals surface area contributed by atoms with Gasteiger partial charge in [-0.2, -0.15) is 18.2 Å². The maximum absolute atomic E-state index is 12.7. The van der Waals surface area contributed by atoms with Crippen molar-refractivity contribution >= 4 is 17.4 Å². The molecule has 2 aromatic carbocycles. The summed E-state index contributed by atoms with van der Waals surface area (Å²) in [5.74, 6) is 0.939. The maximum Gasteiger partial charge on any atom is 0.416 e. The summed E-state index contributed by atoms with van der Waals surface area (Å²) in [6.45, 7) is 11.9. The lowest BCUT2D eigenvalue weighted by Gasteiger charge is -2.17. The number of nitrogens with one attached hydrogen (secondary N) is 1. The fourth-order valence-corrected chi connectivity index (χ4v) is 2.74. The minimum atomic E-state index is -4.42. The Hall–Kier alpha value is -3.09. The molecule has 0 aliphatic carbocycles. The number of hydrogen-bond donors (Lipinski definition) is 1. The van der Waals surface area contributed by atoms with Gasteiger partial charge < -0.3 is 10.1 Å². The predicted octanol–water partition coefficient (Wildman–Crippen LogP) is 6.24. The average Bonchev–Trinajstić information content (AvgIpc) is 2.65. The number of halogens is 3. The number of carbonyl (C=O) groups excluding carboxylic acids is 1. The second-order valence-corrected chi connectivity index (χ2v) is 7.33. The summed E-state index contributed by atoms with van der Waals surface area (Å²) in [6.07, 6.45) is -4.42. The third kappa shape index (κ3) is 6.20. The van der Waals surface area contributed by atoms with Crippen molar-refractivity contribution in [3.63, 3.8) is 0 Å². The maximum atomic E-state index is 12.7. The topological polar surface area (TPSA) is 50.7 Å². The lowest BCUT2D eigenvalue weighted by atomic mass is 10.0.